The van der Waals surface area contributed by atoms with E-state index in [0.717, 1.165) is 16.7 Å². The van der Waals surface area contributed by atoms with Crippen LogP contribution in [-0.2, 0) is 22.1 Å². The maximum Gasteiger partial charge on any atom is 0.419 e. The third-order valence-electron chi connectivity index (χ3n) is 5.31. The number of alkyl halides is 3. The number of benzene rings is 1. The van der Waals surface area contributed by atoms with Crippen LogP contribution in [0.25, 0.3) is 0 Å². The summed E-state index contributed by atoms with van der Waals surface area (Å²) in [6, 6.07) is 6.49. The summed E-state index contributed by atoms with van der Waals surface area (Å²) in [6.07, 6.45) is -3.51. The number of aryl methyl sites for hydroxylation is 1. The number of fused-ring (bicyclic) bond motifs is 3. The number of amides is 2. The number of thiocarbonyl (C=S) groups is 1. The Labute approximate surface area is 191 Å². The quantitative estimate of drug-likeness (QED) is 0.670. The lowest BCUT2D eigenvalue weighted by molar-refractivity contribution is -0.138. The van der Waals surface area contributed by atoms with Crippen LogP contribution < -0.4 is 15.1 Å². The van der Waals surface area contributed by atoms with E-state index in [-0.39, 0.29) is 17.4 Å². The van der Waals surface area contributed by atoms with Crippen molar-refractivity contribution in [3.05, 3.63) is 47.3 Å². The SMILES string of the molecule is CCOC(=O)Nc1ccc2c(c1)CCC1C(=O)N(c3cnc(C#N)c(C(F)(F)F)c3)C(=S)N21. The number of aromatic nitrogens is 1. The van der Waals surface area contributed by atoms with Crippen LogP contribution in [-0.4, -0.2) is 34.7 Å². The van der Waals surface area contributed by atoms with Gasteiger partial charge < -0.3 is 9.64 Å². The topological polar surface area (TPSA) is 98.6 Å². The molecule has 2 aromatic rings. The highest BCUT2D eigenvalue weighted by atomic mass is 32.1. The molecule has 0 spiro atoms. The molecule has 0 bridgehead atoms. The van der Waals surface area contributed by atoms with Crippen molar-refractivity contribution in [3.8, 4) is 6.07 Å². The first-order valence-electron chi connectivity index (χ1n) is 9.87. The molecule has 1 N–H and O–H groups in total. The highest BCUT2D eigenvalue weighted by Gasteiger charge is 2.47. The maximum absolute atomic E-state index is 13.4. The molecular formula is C21H16F3N5O3S. The van der Waals surface area contributed by atoms with Gasteiger partial charge >= 0.3 is 12.3 Å². The fourth-order valence-electron chi connectivity index (χ4n) is 3.91. The summed E-state index contributed by atoms with van der Waals surface area (Å²) in [5.41, 5.74) is -0.241. The molecule has 0 saturated carbocycles. The Morgan fingerprint density at radius 3 is 2.82 bits per heavy atom. The van der Waals surface area contributed by atoms with Gasteiger partial charge in [-0.05, 0) is 61.8 Å². The Morgan fingerprint density at radius 1 is 1.39 bits per heavy atom. The zero-order chi connectivity index (χ0) is 23.9. The Morgan fingerprint density at radius 2 is 2.15 bits per heavy atom. The number of hydrogen-bond donors (Lipinski definition) is 1. The number of carbonyl (C=O) groups excluding carboxylic acids is 2. The van der Waals surface area contributed by atoms with Crippen LogP contribution >= 0.6 is 12.2 Å². The fourth-order valence-corrected chi connectivity index (χ4v) is 4.33. The number of nitrogens with one attached hydrogen (secondary N) is 1. The van der Waals surface area contributed by atoms with E-state index in [1.807, 2.05) is 0 Å². The van der Waals surface area contributed by atoms with Crippen molar-refractivity contribution < 1.29 is 27.5 Å². The molecule has 0 aliphatic carbocycles. The van der Waals surface area contributed by atoms with Crippen molar-refractivity contribution in [1.82, 2.24) is 4.98 Å². The normalized spacial score (nSPS) is 17.4. The molecule has 1 aromatic carbocycles. The molecule has 3 heterocycles. The highest BCUT2D eigenvalue weighted by molar-refractivity contribution is 7.81. The van der Waals surface area contributed by atoms with Gasteiger partial charge in [0.2, 0.25) is 0 Å². The summed E-state index contributed by atoms with van der Waals surface area (Å²) in [5.74, 6) is -0.473. The van der Waals surface area contributed by atoms with Crippen LogP contribution in [0.4, 0.5) is 35.0 Å². The van der Waals surface area contributed by atoms with E-state index in [1.54, 1.807) is 30.0 Å². The second kappa shape index (κ2) is 8.32. The van der Waals surface area contributed by atoms with Crippen molar-refractivity contribution in [2.24, 2.45) is 0 Å². The van der Waals surface area contributed by atoms with Gasteiger partial charge in [0, 0.05) is 11.4 Å². The predicted molar refractivity (Wildman–Crippen MR) is 116 cm³/mol. The monoisotopic (exact) mass is 475 g/mol. The Hall–Kier alpha value is -3.72. The number of ether oxygens (including phenoxy) is 1. The van der Waals surface area contributed by atoms with E-state index in [1.165, 1.54) is 6.07 Å². The second-order valence-electron chi connectivity index (χ2n) is 7.27. The molecule has 1 aromatic heterocycles. The van der Waals surface area contributed by atoms with Gasteiger partial charge in [0.05, 0.1) is 24.1 Å². The van der Waals surface area contributed by atoms with Gasteiger partial charge in [-0.2, -0.15) is 18.4 Å². The van der Waals surface area contributed by atoms with Gasteiger partial charge in [-0.1, -0.05) is 0 Å². The third kappa shape index (κ3) is 3.95. The van der Waals surface area contributed by atoms with Crippen LogP contribution in [0, 0.1) is 11.3 Å². The first-order chi connectivity index (χ1) is 15.7. The average molecular weight is 475 g/mol. The average Bonchev–Trinajstić information content (AvgIpc) is 3.03. The molecule has 1 fully saturated rings. The molecule has 1 atom stereocenters. The lowest BCUT2D eigenvalue weighted by Gasteiger charge is -2.31. The largest absolute Gasteiger partial charge is 0.450 e. The van der Waals surface area contributed by atoms with Crippen LogP contribution in [0.15, 0.2) is 30.5 Å². The Balaban J connectivity index is 1.68. The molecule has 170 valence electrons. The molecular weight excluding hydrogens is 459 g/mol. The van der Waals surface area contributed by atoms with Gasteiger partial charge in [0.1, 0.15) is 12.1 Å². The molecule has 33 heavy (non-hydrogen) atoms. The molecule has 2 amide bonds. The second-order valence-corrected chi connectivity index (χ2v) is 7.63. The van der Waals surface area contributed by atoms with Gasteiger partial charge in [-0.15, -0.1) is 0 Å². The summed E-state index contributed by atoms with van der Waals surface area (Å²) in [4.78, 5) is 31.0. The zero-order valence-electron chi connectivity index (χ0n) is 17.1. The lowest BCUT2D eigenvalue weighted by atomic mass is 9.96. The van der Waals surface area contributed by atoms with Crippen LogP contribution in [0.2, 0.25) is 0 Å². The predicted octanol–water partition coefficient (Wildman–Crippen LogP) is 3.99. The Kier molecular flexibility index (Phi) is 5.67. The summed E-state index contributed by atoms with van der Waals surface area (Å²) < 4.78 is 45.0. The minimum atomic E-state index is -4.82. The highest BCUT2D eigenvalue weighted by Crippen LogP contribution is 2.40. The fraction of sp³-hybridized carbons (Fsp3) is 0.286. The van der Waals surface area contributed by atoms with Crippen molar-refractivity contribution in [3.63, 3.8) is 0 Å². The standard InChI is InChI=1S/C21H16F3N5O3S/c1-2-32-19(31)27-12-4-6-16-11(7-12)3-5-17-18(30)28(20(33)29(16)17)13-8-14(21(22,23)24)15(9-25)26-10-13/h4,6-8,10,17H,2-3,5H2,1H3,(H,27,31). The number of pyridine rings is 1. The zero-order valence-corrected chi connectivity index (χ0v) is 18.0. The molecule has 12 heteroatoms. The first kappa shape index (κ1) is 22.5. The number of rotatable bonds is 3. The molecule has 2 aliphatic rings. The number of nitriles is 1. The number of carbonyl (C=O) groups is 2. The van der Waals surface area contributed by atoms with Crippen LogP contribution in [0.3, 0.4) is 0 Å². The molecule has 2 aliphatic heterocycles. The smallest absolute Gasteiger partial charge is 0.419 e. The summed E-state index contributed by atoms with van der Waals surface area (Å²) in [5, 5.41) is 11.6. The molecule has 8 nitrogen and oxygen atoms in total. The van der Waals surface area contributed by atoms with E-state index in [0.29, 0.717) is 30.3 Å². The van der Waals surface area contributed by atoms with Gasteiger partial charge in [-0.3, -0.25) is 15.0 Å². The van der Waals surface area contributed by atoms with Gasteiger partial charge in [-0.25, -0.2) is 9.78 Å². The van der Waals surface area contributed by atoms with E-state index >= 15 is 0 Å². The van der Waals surface area contributed by atoms with Crippen molar-refractivity contribution >= 4 is 46.4 Å². The maximum atomic E-state index is 13.4. The number of halogens is 3. The van der Waals surface area contributed by atoms with E-state index in [2.05, 4.69) is 10.3 Å². The third-order valence-corrected chi connectivity index (χ3v) is 5.68. The summed E-state index contributed by atoms with van der Waals surface area (Å²) >= 11 is 5.48. The minimum absolute atomic E-state index is 0.0108. The van der Waals surface area contributed by atoms with E-state index in [9.17, 15) is 22.8 Å². The van der Waals surface area contributed by atoms with Crippen molar-refractivity contribution in [1.29, 1.82) is 5.26 Å². The Bertz CT molecular complexity index is 1210. The lowest BCUT2D eigenvalue weighted by Crippen LogP contribution is -2.39. The van der Waals surface area contributed by atoms with E-state index in [4.69, 9.17) is 22.2 Å². The number of hydrogen-bond acceptors (Lipinski definition) is 6. The minimum Gasteiger partial charge on any atom is -0.450 e. The molecule has 1 unspecified atom stereocenters. The van der Waals surface area contributed by atoms with E-state index < -0.39 is 35.5 Å². The number of nitrogens with zero attached hydrogens (tertiary/aromatic N) is 4. The van der Waals surface area contributed by atoms with Crippen LogP contribution in [0.1, 0.15) is 30.2 Å². The molecule has 4 rings (SSSR count). The van der Waals surface area contributed by atoms with Crippen LogP contribution in [0.5, 0.6) is 0 Å². The van der Waals surface area contributed by atoms with Gasteiger partial charge in [0.15, 0.2) is 10.8 Å². The van der Waals surface area contributed by atoms with Crippen molar-refractivity contribution in [2.75, 3.05) is 21.7 Å². The summed E-state index contributed by atoms with van der Waals surface area (Å²) in [6.45, 7) is 1.91. The number of anilines is 3. The molecule has 1 saturated heterocycles. The summed E-state index contributed by atoms with van der Waals surface area (Å²) in [7, 11) is 0. The first-order valence-corrected chi connectivity index (χ1v) is 10.3. The molecule has 0 radical (unpaired) electrons. The van der Waals surface area contributed by atoms with Gasteiger partial charge in [0.25, 0.3) is 5.91 Å². The van der Waals surface area contributed by atoms with Crippen molar-refractivity contribution in [2.45, 2.75) is 32.0 Å².